The van der Waals surface area contributed by atoms with Gasteiger partial charge in [0.25, 0.3) is 0 Å². The van der Waals surface area contributed by atoms with Gasteiger partial charge in [0, 0.05) is 26.0 Å². The smallest absolute Gasteiger partial charge is 0.159 e. The molecule has 0 aromatic carbocycles. The largest absolute Gasteiger partial charge is 0.356 e. The summed E-state index contributed by atoms with van der Waals surface area (Å²) in [7, 11) is 3.45. The minimum Gasteiger partial charge on any atom is -0.356 e. The van der Waals surface area contributed by atoms with Crippen molar-refractivity contribution in [3.05, 3.63) is 11.6 Å². The van der Waals surface area contributed by atoms with E-state index < -0.39 is 0 Å². The van der Waals surface area contributed by atoms with E-state index in [0.717, 1.165) is 25.1 Å². The maximum Gasteiger partial charge on any atom is 0.159 e. The van der Waals surface area contributed by atoms with E-state index in [9.17, 15) is 0 Å². The van der Waals surface area contributed by atoms with Gasteiger partial charge in [-0.3, -0.25) is 0 Å². The summed E-state index contributed by atoms with van der Waals surface area (Å²) in [5.74, 6) is 1.28. The normalized spacial score (nSPS) is 26.0. The van der Waals surface area contributed by atoms with Crippen molar-refractivity contribution in [2.45, 2.75) is 44.8 Å². The van der Waals surface area contributed by atoms with E-state index in [1.165, 1.54) is 24.8 Å². The van der Waals surface area contributed by atoms with E-state index in [1.54, 1.807) is 14.2 Å². The molecule has 0 aromatic heterocycles. The molecule has 0 aliphatic heterocycles. The Kier molecular flexibility index (Phi) is 7.10. The van der Waals surface area contributed by atoms with E-state index in [4.69, 9.17) is 21.1 Å². The van der Waals surface area contributed by atoms with Crippen molar-refractivity contribution in [2.24, 2.45) is 5.92 Å². The van der Waals surface area contributed by atoms with Gasteiger partial charge in [0.2, 0.25) is 0 Å². The zero-order valence-corrected chi connectivity index (χ0v) is 11.1. The molecule has 1 atom stereocenters. The van der Waals surface area contributed by atoms with Crippen LogP contribution in [0.4, 0.5) is 0 Å². The quantitative estimate of drug-likeness (QED) is 0.418. The molecule has 1 aliphatic rings. The molecule has 0 aromatic rings. The average molecular weight is 247 g/mol. The lowest BCUT2D eigenvalue weighted by atomic mass is 9.90. The Bertz CT molecular complexity index is 212. The molecule has 0 spiro atoms. The second-order valence-corrected chi connectivity index (χ2v) is 4.75. The standard InChI is InChI=1S/C13H23ClO2/c1-15-13(16-2)12-7-3-5-11(9-10-14)6-4-8-12/h5,12-13H,3-4,6-10H2,1-2H3/b11-5-. The molecule has 1 aliphatic carbocycles. The molecule has 3 heteroatoms. The maximum absolute atomic E-state index is 5.77. The molecular formula is C13H23ClO2. The maximum atomic E-state index is 5.77. The Morgan fingerprint density at radius 3 is 2.75 bits per heavy atom. The molecule has 0 N–H and O–H groups in total. The highest BCUT2D eigenvalue weighted by atomic mass is 35.5. The fourth-order valence-electron chi connectivity index (χ4n) is 2.44. The number of alkyl halides is 1. The molecule has 0 saturated carbocycles. The summed E-state index contributed by atoms with van der Waals surface area (Å²) >= 11 is 5.77. The van der Waals surface area contributed by atoms with Crippen LogP contribution in [0.25, 0.3) is 0 Å². The lowest BCUT2D eigenvalue weighted by Gasteiger charge is -2.26. The Morgan fingerprint density at radius 2 is 2.12 bits per heavy atom. The number of methoxy groups -OCH3 is 2. The first kappa shape index (κ1) is 14.0. The summed E-state index contributed by atoms with van der Waals surface area (Å²) in [6.07, 6.45) is 9.23. The van der Waals surface area contributed by atoms with Crippen molar-refractivity contribution < 1.29 is 9.47 Å². The summed E-state index contributed by atoms with van der Waals surface area (Å²) in [6, 6.07) is 0. The van der Waals surface area contributed by atoms with E-state index in [2.05, 4.69) is 6.08 Å². The topological polar surface area (TPSA) is 18.5 Å². The average Bonchev–Trinajstić information content (AvgIpc) is 2.26. The number of hydrogen-bond acceptors (Lipinski definition) is 2. The van der Waals surface area contributed by atoms with Crippen LogP contribution in [0.5, 0.6) is 0 Å². The van der Waals surface area contributed by atoms with Gasteiger partial charge in [-0.2, -0.15) is 0 Å². The van der Waals surface area contributed by atoms with Crippen molar-refractivity contribution in [1.82, 2.24) is 0 Å². The number of hydrogen-bond donors (Lipinski definition) is 0. The molecule has 94 valence electrons. The first-order valence-electron chi connectivity index (χ1n) is 6.11. The van der Waals surface area contributed by atoms with Crippen molar-refractivity contribution in [1.29, 1.82) is 0 Å². The van der Waals surface area contributed by atoms with Gasteiger partial charge in [-0.1, -0.05) is 11.6 Å². The third-order valence-electron chi connectivity index (χ3n) is 3.31. The lowest BCUT2D eigenvalue weighted by Crippen LogP contribution is -2.25. The number of allylic oxidation sites excluding steroid dienone is 2. The summed E-state index contributed by atoms with van der Waals surface area (Å²) in [6.45, 7) is 0. The van der Waals surface area contributed by atoms with Crippen molar-refractivity contribution in [3.8, 4) is 0 Å². The predicted molar refractivity (Wildman–Crippen MR) is 67.8 cm³/mol. The van der Waals surface area contributed by atoms with E-state index in [0.29, 0.717) is 5.92 Å². The van der Waals surface area contributed by atoms with Gasteiger partial charge in [-0.25, -0.2) is 0 Å². The first-order chi connectivity index (χ1) is 7.81. The molecule has 0 fully saturated rings. The molecule has 1 unspecified atom stereocenters. The molecule has 0 saturated heterocycles. The molecule has 0 heterocycles. The Morgan fingerprint density at radius 1 is 1.38 bits per heavy atom. The molecule has 0 bridgehead atoms. The predicted octanol–water partition coefficient (Wildman–Crippen LogP) is 3.74. The fourth-order valence-corrected chi connectivity index (χ4v) is 2.68. The third kappa shape index (κ3) is 4.44. The zero-order valence-electron chi connectivity index (χ0n) is 10.4. The summed E-state index contributed by atoms with van der Waals surface area (Å²) in [5.41, 5.74) is 1.53. The third-order valence-corrected chi connectivity index (χ3v) is 3.50. The van der Waals surface area contributed by atoms with Gasteiger partial charge in [-0.05, 0) is 38.5 Å². The number of rotatable bonds is 5. The van der Waals surface area contributed by atoms with Gasteiger partial charge in [0.15, 0.2) is 6.29 Å². The Balaban J connectivity index is 2.46. The molecule has 16 heavy (non-hydrogen) atoms. The van der Waals surface area contributed by atoms with Gasteiger partial charge < -0.3 is 9.47 Å². The highest BCUT2D eigenvalue weighted by Gasteiger charge is 2.21. The van der Waals surface area contributed by atoms with Crippen LogP contribution in [0.1, 0.15) is 38.5 Å². The van der Waals surface area contributed by atoms with Crippen molar-refractivity contribution >= 4 is 11.6 Å². The van der Waals surface area contributed by atoms with Crippen LogP contribution in [0.3, 0.4) is 0 Å². The highest BCUT2D eigenvalue weighted by Crippen LogP contribution is 2.27. The second-order valence-electron chi connectivity index (χ2n) is 4.37. The van der Waals surface area contributed by atoms with E-state index in [-0.39, 0.29) is 6.29 Å². The summed E-state index contributed by atoms with van der Waals surface area (Å²) < 4.78 is 10.7. The lowest BCUT2D eigenvalue weighted by molar-refractivity contribution is -0.140. The molecule has 1 rings (SSSR count). The fraction of sp³-hybridized carbons (Fsp3) is 0.846. The molecule has 2 nitrogen and oxygen atoms in total. The van der Waals surface area contributed by atoms with Gasteiger partial charge in [0.1, 0.15) is 0 Å². The SMILES string of the molecule is COC(OC)C1CC/C=C(\CCCl)CCC1. The van der Waals surface area contributed by atoms with Crippen molar-refractivity contribution in [2.75, 3.05) is 20.1 Å². The zero-order chi connectivity index (χ0) is 11.8. The molecule has 0 radical (unpaired) electrons. The minimum absolute atomic E-state index is 0.0389. The van der Waals surface area contributed by atoms with E-state index >= 15 is 0 Å². The Labute approximate surface area is 104 Å². The van der Waals surface area contributed by atoms with Gasteiger partial charge in [0.05, 0.1) is 0 Å². The van der Waals surface area contributed by atoms with Crippen molar-refractivity contribution in [3.63, 3.8) is 0 Å². The molecule has 0 amide bonds. The van der Waals surface area contributed by atoms with Crippen LogP contribution < -0.4 is 0 Å². The van der Waals surface area contributed by atoms with Crippen LogP contribution in [0, 0.1) is 5.92 Å². The number of halogens is 1. The van der Waals surface area contributed by atoms with E-state index in [1.807, 2.05) is 0 Å². The van der Waals surface area contributed by atoms with Crippen LogP contribution in [-0.4, -0.2) is 26.4 Å². The summed E-state index contributed by atoms with van der Waals surface area (Å²) in [4.78, 5) is 0. The highest BCUT2D eigenvalue weighted by molar-refractivity contribution is 6.17. The molecular weight excluding hydrogens is 224 g/mol. The van der Waals surface area contributed by atoms with Crippen LogP contribution >= 0.6 is 11.6 Å². The van der Waals surface area contributed by atoms with Crippen LogP contribution in [-0.2, 0) is 9.47 Å². The number of ether oxygens (including phenoxy) is 2. The van der Waals surface area contributed by atoms with Crippen LogP contribution in [0.15, 0.2) is 11.6 Å². The minimum atomic E-state index is -0.0389. The van der Waals surface area contributed by atoms with Gasteiger partial charge in [-0.15, -0.1) is 11.6 Å². The van der Waals surface area contributed by atoms with Gasteiger partial charge >= 0.3 is 0 Å². The summed E-state index contributed by atoms with van der Waals surface area (Å²) in [5, 5.41) is 0. The Hall–Kier alpha value is -0.0500. The van der Waals surface area contributed by atoms with Crippen LogP contribution in [0.2, 0.25) is 0 Å². The second kappa shape index (κ2) is 8.10. The monoisotopic (exact) mass is 246 g/mol. The first-order valence-corrected chi connectivity index (χ1v) is 6.64.